The lowest BCUT2D eigenvalue weighted by atomic mass is 10.1. The Balaban J connectivity index is 1.70. The maximum absolute atomic E-state index is 13.3. The minimum absolute atomic E-state index is 0.0190. The Morgan fingerprint density at radius 2 is 1.90 bits per heavy atom. The van der Waals surface area contributed by atoms with Crippen molar-refractivity contribution in [1.29, 1.82) is 0 Å². The molecule has 1 aliphatic heterocycles. The van der Waals surface area contributed by atoms with E-state index in [1.807, 2.05) is 24.5 Å². The molecule has 0 radical (unpaired) electrons. The zero-order valence-corrected chi connectivity index (χ0v) is 17.1. The molecular formula is C22H18FN3O3S. The van der Waals surface area contributed by atoms with Gasteiger partial charge in [-0.3, -0.25) is 19.8 Å². The van der Waals surface area contributed by atoms with Crippen LogP contribution in [0.15, 0.2) is 58.7 Å². The van der Waals surface area contributed by atoms with E-state index < -0.39 is 11.8 Å². The van der Waals surface area contributed by atoms with Gasteiger partial charge in [0.2, 0.25) is 0 Å². The van der Waals surface area contributed by atoms with E-state index in [9.17, 15) is 14.0 Å². The highest BCUT2D eigenvalue weighted by molar-refractivity contribution is 7.80. The quantitative estimate of drug-likeness (QED) is 0.395. The fourth-order valence-electron chi connectivity index (χ4n) is 3.47. The zero-order chi connectivity index (χ0) is 21.4. The number of benzene rings is 1. The number of furan rings is 1. The Morgan fingerprint density at radius 1 is 1.17 bits per heavy atom. The predicted octanol–water partition coefficient (Wildman–Crippen LogP) is 3.65. The number of rotatable bonds is 4. The van der Waals surface area contributed by atoms with Gasteiger partial charge in [0.25, 0.3) is 11.8 Å². The van der Waals surface area contributed by atoms with Crippen LogP contribution in [-0.2, 0) is 16.1 Å². The van der Waals surface area contributed by atoms with E-state index in [1.165, 1.54) is 23.3 Å². The summed E-state index contributed by atoms with van der Waals surface area (Å²) in [5.41, 5.74) is 3.18. The fraction of sp³-hybridized carbons (Fsp3) is 0.136. The van der Waals surface area contributed by atoms with Gasteiger partial charge in [0, 0.05) is 17.1 Å². The van der Waals surface area contributed by atoms with E-state index in [1.54, 1.807) is 30.3 Å². The van der Waals surface area contributed by atoms with Gasteiger partial charge >= 0.3 is 0 Å². The minimum Gasteiger partial charge on any atom is -0.467 e. The summed E-state index contributed by atoms with van der Waals surface area (Å²) in [4.78, 5) is 26.8. The van der Waals surface area contributed by atoms with Crippen molar-refractivity contribution < 1.29 is 18.4 Å². The highest BCUT2D eigenvalue weighted by Crippen LogP contribution is 2.25. The Labute approximate surface area is 177 Å². The second-order valence-electron chi connectivity index (χ2n) is 6.93. The normalized spacial score (nSPS) is 15.8. The van der Waals surface area contributed by atoms with E-state index in [0.717, 1.165) is 17.1 Å². The first-order chi connectivity index (χ1) is 14.3. The second kappa shape index (κ2) is 7.72. The van der Waals surface area contributed by atoms with Crippen molar-refractivity contribution in [1.82, 2.24) is 14.8 Å². The van der Waals surface area contributed by atoms with Crippen molar-refractivity contribution in [2.24, 2.45) is 0 Å². The topological polar surface area (TPSA) is 67.5 Å². The van der Waals surface area contributed by atoms with E-state index in [4.69, 9.17) is 16.6 Å². The molecule has 1 aliphatic rings. The molecule has 0 spiro atoms. The lowest BCUT2D eigenvalue weighted by Gasteiger charge is -2.28. The molecule has 0 atom stereocenters. The number of carbonyl (C=O) groups excluding carboxylic acids is 2. The van der Waals surface area contributed by atoms with Crippen LogP contribution in [0.1, 0.15) is 22.7 Å². The van der Waals surface area contributed by atoms with E-state index in [-0.39, 0.29) is 23.0 Å². The molecule has 2 amide bonds. The summed E-state index contributed by atoms with van der Waals surface area (Å²) in [5.74, 6) is -0.810. The van der Waals surface area contributed by atoms with Gasteiger partial charge in [0.1, 0.15) is 17.2 Å². The average Bonchev–Trinajstić information content (AvgIpc) is 3.31. The third kappa shape index (κ3) is 3.57. The largest absolute Gasteiger partial charge is 0.467 e. The molecule has 152 valence electrons. The standard InChI is InChI=1S/C22H18FN3O3S/c1-13-10-15(14(2)26(13)17-7-5-16(23)6-8-17)11-19-20(27)24-22(30)25(21(19)28)12-18-4-3-9-29-18/h3-11H,12H2,1-2H3,(H,24,27,30)/b19-11-. The summed E-state index contributed by atoms with van der Waals surface area (Å²) < 4.78 is 20.5. The molecule has 0 saturated carbocycles. The van der Waals surface area contributed by atoms with Gasteiger partial charge in [-0.15, -0.1) is 0 Å². The second-order valence-corrected chi connectivity index (χ2v) is 7.31. The number of carbonyl (C=O) groups is 2. The summed E-state index contributed by atoms with van der Waals surface area (Å²) in [5, 5.41) is 2.60. The lowest BCUT2D eigenvalue weighted by molar-refractivity contribution is -0.129. The first-order valence-corrected chi connectivity index (χ1v) is 9.62. The number of amides is 2. The van der Waals surface area contributed by atoms with Crippen LogP contribution >= 0.6 is 12.2 Å². The van der Waals surface area contributed by atoms with Crippen LogP contribution in [0.25, 0.3) is 11.8 Å². The van der Waals surface area contributed by atoms with Crippen LogP contribution in [0.3, 0.4) is 0 Å². The van der Waals surface area contributed by atoms with Crippen LogP contribution in [0, 0.1) is 19.7 Å². The summed E-state index contributed by atoms with van der Waals surface area (Å²) in [7, 11) is 0. The van der Waals surface area contributed by atoms with Gasteiger partial charge in [-0.25, -0.2) is 4.39 Å². The van der Waals surface area contributed by atoms with Gasteiger partial charge in [0.15, 0.2) is 5.11 Å². The Bertz CT molecular complexity index is 1180. The van der Waals surface area contributed by atoms with E-state index >= 15 is 0 Å². The molecule has 1 N–H and O–H groups in total. The molecule has 4 rings (SSSR count). The van der Waals surface area contributed by atoms with Crippen molar-refractivity contribution in [2.75, 3.05) is 0 Å². The number of halogens is 1. The molecule has 8 heteroatoms. The predicted molar refractivity (Wildman–Crippen MR) is 113 cm³/mol. The maximum Gasteiger partial charge on any atom is 0.266 e. The van der Waals surface area contributed by atoms with E-state index in [2.05, 4.69) is 5.32 Å². The molecular weight excluding hydrogens is 405 g/mol. The van der Waals surface area contributed by atoms with Crippen LogP contribution < -0.4 is 5.32 Å². The first-order valence-electron chi connectivity index (χ1n) is 9.21. The highest BCUT2D eigenvalue weighted by Gasteiger charge is 2.34. The van der Waals surface area contributed by atoms with E-state index in [0.29, 0.717) is 11.3 Å². The van der Waals surface area contributed by atoms with Crippen molar-refractivity contribution >= 4 is 35.2 Å². The maximum atomic E-state index is 13.3. The number of hydrogen-bond acceptors (Lipinski definition) is 4. The van der Waals surface area contributed by atoms with Crippen LogP contribution in [-0.4, -0.2) is 26.4 Å². The number of hydrogen-bond donors (Lipinski definition) is 1. The average molecular weight is 423 g/mol. The number of aromatic nitrogens is 1. The van der Waals surface area contributed by atoms with Gasteiger partial charge < -0.3 is 8.98 Å². The fourth-order valence-corrected chi connectivity index (χ4v) is 3.71. The first kappa shape index (κ1) is 19.8. The number of thiocarbonyl (C=S) groups is 1. The molecule has 2 aromatic heterocycles. The van der Waals surface area contributed by atoms with Crippen molar-refractivity contribution in [2.45, 2.75) is 20.4 Å². The Morgan fingerprint density at radius 3 is 2.57 bits per heavy atom. The van der Waals surface area contributed by atoms with Gasteiger partial charge in [-0.05, 0) is 80.2 Å². The summed E-state index contributed by atoms with van der Waals surface area (Å²) in [6, 6.07) is 11.4. The molecule has 6 nitrogen and oxygen atoms in total. The monoisotopic (exact) mass is 423 g/mol. The molecule has 1 saturated heterocycles. The number of nitrogens with one attached hydrogen (secondary N) is 1. The van der Waals surface area contributed by atoms with Crippen LogP contribution in [0.5, 0.6) is 0 Å². The van der Waals surface area contributed by atoms with Crippen molar-refractivity contribution in [3.63, 3.8) is 0 Å². The molecule has 0 bridgehead atoms. The summed E-state index contributed by atoms with van der Waals surface area (Å²) >= 11 is 5.17. The molecule has 3 heterocycles. The molecule has 3 aromatic rings. The van der Waals surface area contributed by atoms with Crippen LogP contribution in [0.4, 0.5) is 4.39 Å². The highest BCUT2D eigenvalue weighted by atomic mass is 32.1. The van der Waals surface area contributed by atoms with Gasteiger partial charge in [-0.2, -0.15) is 0 Å². The number of aryl methyl sites for hydroxylation is 1. The molecule has 1 aromatic carbocycles. The van der Waals surface area contributed by atoms with Crippen molar-refractivity contribution in [3.8, 4) is 5.69 Å². The zero-order valence-electron chi connectivity index (χ0n) is 16.3. The smallest absolute Gasteiger partial charge is 0.266 e. The lowest BCUT2D eigenvalue weighted by Crippen LogP contribution is -2.53. The van der Waals surface area contributed by atoms with Gasteiger partial charge in [-0.1, -0.05) is 0 Å². The third-order valence-electron chi connectivity index (χ3n) is 4.93. The summed E-state index contributed by atoms with van der Waals surface area (Å²) in [6.07, 6.45) is 3.06. The molecule has 0 aliphatic carbocycles. The van der Waals surface area contributed by atoms with Crippen LogP contribution in [0.2, 0.25) is 0 Å². The minimum atomic E-state index is -0.549. The molecule has 1 fully saturated rings. The number of nitrogens with zero attached hydrogens (tertiary/aromatic N) is 2. The third-order valence-corrected chi connectivity index (χ3v) is 5.26. The SMILES string of the molecule is Cc1cc(/C=C2/C(=O)NC(=S)N(Cc3ccco3)C2=O)c(C)n1-c1ccc(F)cc1. The van der Waals surface area contributed by atoms with Crippen molar-refractivity contribution in [3.05, 3.63) is 82.8 Å². The van der Waals surface area contributed by atoms with Gasteiger partial charge in [0.05, 0.1) is 12.8 Å². The Kier molecular flexibility index (Phi) is 5.09. The molecule has 30 heavy (non-hydrogen) atoms. The summed E-state index contributed by atoms with van der Waals surface area (Å²) in [6.45, 7) is 3.90. The Hall–Kier alpha value is -3.52. The molecule has 0 unspecified atom stereocenters.